The highest BCUT2D eigenvalue weighted by Gasteiger charge is 2.22. The van der Waals surface area contributed by atoms with Crippen molar-refractivity contribution in [3.63, 3.8) is 0 Å². The molecule has 0 spiro atoms. The highest BCUT2D eigenvalue weighted by Crippen LogP contribution is 2.23. The Morgan fingerprint density at radius 2 is 1.86 bits per heavy atom. The first-order valence-electron chi connectivity index (χ1n) is 9.34. The van der Waals surface area contributed by atoms with Gasteiger partial charge in [-0.2, -0.15) is 0 Å². The van der Waals surface area contributed by atoms with E-state index >= 15 is 0 Å². The van der Waals surface area contributed by atoms with Crippen molar-refractivity contribution in [3.05, 3.63) is 83.8 Å². The number of hydrogen-bond donors (Lipinski definition) is 1. The normalized spacial score (nSPS) is 11.2. The summed E-state index contributed by atoms with van der Waals surface area (Å²) in [5, 5.41) is 2.82. The molecule has 29 heavy (non-hydrogen) atoms. The molecule has 6 nitrogen and oxygen atoms in total. The van der Waals surface area contributed by atoms with Gasteiger partial charge in [0.15, 0.2) is 0 Å². The molecule has 0 radical (unpaired) electrons. The second-order valence-electron chi connectivity index (χ2n) is 6.78. The zero-order valence-corrected chi connectivity index (χ0v) is 17.3. The third-order valence-corrected chi connectivity index (χ3v) is 6.37. The Morgan fingerprint density at radius 1 is 1.07 bits per heavy atom. The fourth-order valence-corrected chi connectivity index (χ4v) is 4.17. The summed E-state index contributed by atoms with van der Waals surface area (Å²) in [6, 6.07) is 17.0. The summed E-state index contributed by atoms with van der Waals surface area (Å²) in [4.78, 5) is 12.5. The van der Waals surface area contributed by atoms with Crippen LogP contribution in [0, 0.1) is 6.92 Å². The quantitative estimate of drug-likeness (QED) is 0.571. The maximum absolute atomic E-state index is 13.0. The van der Waals surface area contributed by atoms with Crippen LogP contribution in [0.1, 0.15) is 28.1 Å². The maximum atomic E-state index is 13.0. The lowest BCUT2D eigenvalue weighted by Gasteiger charge is -2.20. The highest BCUT2D eigenvalue weighted by molar-refractivity contribution is 7.92. The van der Waals surface area contributed by atoms with Crippen LogP contribution < -0.4 is 9.62 Å². The first kappa shape index (κ1) is 20.7. The van der Waals surface area contributed by atoms with Crippen LogP contribution in [0.5, 0.6) is 0 Å². The number of anilines is 1. The minimum atomic E-state index is -3.78. The van der Waals surface area contributed by atoms with E-state index in [9.17, 15) is 13.2 Å². The number of nitrogens with one attached hydrogen (secondary N) is 1. The molecule has 2 aromatic carbocycles. The van der Waals surface area contributed by atoms with Gasteiger partial charge in [0.2, 0.25) is 0 Å². The number of nitrogens with zero attached hydrogens (tertiary/aromatic N) is 1. The summed E-state index contributed by atoms with van der Waals surface area (Å²) in [5.41, 5.74) is 1.84. The van der Waals surface area contributed by atoms with Crippen LogP contribution in [-0.4, -0.2) is 27.9 Å². The van der Waals surface area contributed by atoms with Crippen LogP contribution in [0.2, 0.25) is 0 Å². The van der Waals surface area contributed by atoms with Crippen molar-refractivity contribution in [2.45, 2.75) is 24.7 Å². The molecule has 7 heteroatoms. The van der Waals surface area contributed by atoms with E-state index in [0.717, 1.165) is 24.2 Å². The second kappa shape index (κ2) is 8.96. The molecule has 0 aliphatic heterocycles. The van der Waals surface area contributed by atoms with E-state index in [0.29, 0.717) is 17.8 Å². The number of aryl methyl sites for hydroxylation is 2. The maximum Gasteiger partial charge on any atom is 0.264 e. The average molecular weight is 413 g/mol. The molecule has 0 atom stereocenters. The van der Waals surface area contributed by atoms with E-state index in [1.165, 1.54) is 23.5 Å². The van der Waals surface area contributed by atoms with Crippen LogP contribution in [0.4, 0.5) is 5.69 Å². The Bertz CT molecular complexity index is 1080. The smallest absolute Gasteiger partial charge is 0.264 e. The molecule has 1 heterocycles. The van der Waals surface area contributed by atoms with Crippen LogP contribution in [0.15, 0.2) is 76.2 Å². The molecular formula is C22H24N2O4S. The largest absolute Gasteiger partial charge is 0.469 e. The summed E-state index contributed by atoms with van der Waals surface area (Å²) in [7, 11) is -2.27. The molecule has 152 valence electrons. The molecular weight excluding hydrogens is 388 g/mol. The van der Waals surface area contributed by atoms with E-state index < -0.39 is 10.0 Å². The van der Waals surface area contributed by atoms with Gasteiger partial charge in [-0.05, 0) is 61.4 Å². The Kier molecular flexibility index (Phi) is 6.39. The Morgan fingerprint density at radius 3 is 2.59 bits per heavy atom. The van der Waals surface area contributed by atoms with E-state index in [2.05, 4.69) is 5.32 Å². The number of carbonyl (C=O) groups is 1. The fourth-order valence-electron chi connectivity index (χ4n) is 2.94. The molecule has 1 N–H and O–H groups in total. The molecule has 1 aromatic heterocycles. The van der Waals surface area contributed by atoms with Gasteiger partial charge in [-0.1, -0.05) is 18.2 Å². The van der Waals surface area contributed by atoms with Gasteiger partial charge in [0, 0.05) is 25.6 Å². The third-order valence-electron chi connectivity index (χ3n) is 4.59. The summed E-state index contributed by atoms with van der Waals surface area (Å²) in [5.74, 6) is 0.561. The number of carbonyl (C=O) groups excluding carboxylic acids is 1. The number of amides is 1. The van der Waals surface area contributed by atoms with Crippen molar-refractivity contribution in [3.8, 4) is 0 Å². The van der Waals surface area contributed by atoms with Gasteiger partial charge in [-0.15, -0.1) is 0 Å². The molecule has 0 saturated carbocycles. The Labute approximate surface area is 171 Å². The molecule has 1 amide bonds. The highest BCUT2D eigenvalue weighted by atomic mass is 32.2. The monoisotopic (exact) mass is 412 g/mol. The first-order chi connectivity index (χ1) is 13.9. The van der Waals surface area contributed by atoms with Gasteiger partial charge in [-0.25, -0.2) is 8.42 Å². The van der Waals surface area contributed by atoms with Crippen molar-refractivity contribution in [2.75, 3.05) is 17.9 Å². The lowest BCUT2D eigenvalue weighted by atomic mass is 10.2. The molecule has 0 unspecified atom stereocenters. The second-order valence-corrected chi connectivity index (χ2v) is 8.75. The molecule has 0 saturated heterocycles. The summed E-state index contributed by atoms with van der Waals surface area (Å²) < 4.78 is 32.5. The van der Waals surface area contributed by atoms with Gasteiger partial charge in [-0.3, -0.25) is 9.10 Å². The van der Waals surface area contributed by atoms with Gasteiger partial charge < -0.3 is 9.73 Å². The third kappa shape index (κ3) is 5.06. The minimum absolute atomic E-state index is 0.0738. The van der Waals surface area contributed by atoms with Gasteiger partial charge in [0.1, 0.15) is 5.76 Å². The number of furan rings is 1. The lowest BCUT2D eigenvalue weighted by molar-refractivity contribution is 0.0953. The first-order valence-corrected chi connectivity index (χ1v) is 10.8. The zero-order chi connectivity index (χ0) is 20.9. The Hall–Kier alpha value is -3.06. The van der Waals surface area contributed by atoms with Crippen LogP contribution >= 0.6 is 0 Å². The van der Waals surface area contributed by atoms with Gasteiger partial charge >= 0.3 is 0 Å². The number of benzene rings is 2. The molecule has 3 aromatic rings. The number of hydrogen-bond acceptors (Lipinski definition) is 4. The molecule has 3 rings (SSSR count). The standard InChI is InChI=1S/C22H24N2O4S/c1-17-7-3-9-19(15-17)24(2)29(26,27)21-12-4-8-18(16-21)22(25)23-13-5-10-20-11-6-14-28-20/h3-4,6-9,11-12,14-16H,5,10,13H2,1-2H3,(H,23,25). The topological polar surface area (TPSA) is 79.6 Å². The molecule has 0 aliphatic rings. The van der Waals surface area contributed by atoms with E-state index in [4.69, 9.17) is 4.42 Å². The molecule has 0 fully saturated rings. The van der Waals surface area contributed by atoms with Crippen LogP contribution in [0.25, 0.3) is 0 Å². The van der Waals surface area contributed by atoms with Crippen LogP contribution in [0.3, 0.4) is 0 Å². The minimum Gasteiger partial charge on any atom is -0.469 e. The zero-order valence-electron chi connectivity index (χ0n) is 16.5. The van der Waals surface area contributed by atoms with Crippen LogP contribution in [-0.2, 0) is 16.4 Å². The fraction of sp³-hybridized carbons (Fsp3) is 0.227. The molecule has 0 bridgehead atoms. The lowest BCUT2D eigenvalue weighted by Crippen LogP contribution is -2.28. The van der Waals surface area contributed by atoms with Crippen molar-refractivity contribution in [1.82, 2.24) is 5.32 Å². The SMILES string of the molecule is Cc1cccc(N(C)S(=O)(=O)c2cccc(C(=O)NCCCc3ccco3)c2)c1. The predicted octanol–water partition coefficient (Wildman–Crippen LogP) is 3.78. The molecule has 0 aliphatic carbocycles. The summed E-state index contributed by atoms with van der Waals surface area (Å²) in [6.07, 6.45) is 3.07. The summed E-state index contributed by atoms with van der Waals surface area (Å²) >= 11 is 0. The van der Waals surface area contributed by atoms with Crippen molar-refractivity contribution < 1.29 is 17.6 Å². The van der Waals surface area contributed by atoms with E-state index in [-0.39, 0.29) is 10.8 Å². The van der Waals surface area contributed by atoms with Gasteiger partial charge in [0.25, 0.3) is 15.9 Å². The number of sulfonamides is 1. The van der Waals surface area contributed by atoms with Gasteiger partial charge in [0.05, 0.1) is 16.8 Å². The Balaban J connectivity index is 1.68. The van der Waals surface area contributed by atoms with Crippen molar-refractivity contribution in [1.29, 1.82) is 0 Å². The van der Waals surface area contributed by atoms with E-state index in [1.807, 2.05) is 31.2 Å². The predicted molar refractivity (Wildman–Crippen MR) is 113 cm³/mol. The van der Waals surface area contributed by atoms with Crippen molar-refractivity contribution in [2.24, 2.45) is 0 Å². The summed E-state index contributed by atoms with van der Waals surface area (Å²) in [6.45, 7) is 2.38. The van der Waals surface area contributed by atoms with Crippen molar-refractivity contribution >= 4 is 21.6 Å². The van der Waals surface area contributed by atoms with E-state index in [1.54, 1.807) is 30.5 Å². The number of rotatable bonds is 8. The average Bonchev–Trinajstić information content (AvgIpc) is 3.24.